The minimum Gasteiger partial charge on any atom is -0.489 e. The van der Waals surface area contributed by atoms with E-state index in [4.69, 9.17) is 14.5 Å². The van der Waals surface area contributed by atoms with E-state index < -0.39 is 5.60 Å². The molecule has 3 aromatic heterocycles. The monoisotopic (exact) mass is 516 g/mol. The third kappa shape index (κ3) is 4.36. The second-order valence-corrected chi connectivity index (χ2v) is 11.3. The highest BCUT2D eigenvalue weighted by Crippen LogP contribution is 2.40. The SMILES string of the molecule is COC1CC(C(=O)N2C3CC2CN(c2ccc(-c4cc(OCC(C)(C)O)cn5ncc(C#N)c45)cn2)C3)C1. The second-order valence-electron chi connectivity index (χ2n) is 11.3. The van der Waals surface area contributed by atoms with Crippen LogP contribution in [0.3, 0.4) is 0 Å². The van der Waals surface area contributed by atoms with Gasteiger partial charge in [0.1, 0.15) is 24.2 Å². The normalized spacial score (nSPS) is 24.5. The van der Waals surface area contributed by atoms with Crippen LogP contribution < -0.4 is 9.64 Å². The summed E-state index contributed by atoms with van der Waals surface area (Å²) in [6.45, 7) is 5.04. The number of carbonyl (C=O) groups is 1. The Morgan fingerprint density at radius 1 is 1.21 bits per heavy atom. The van der Waals surface area contributed by atoms with Crippen molar-refractivity contribution < 1.29 is 19.4 Å². The molecule has 38 heavy (non-hydrogen) atoms. The van der Waals surface area contributed by atoms with Crippen molar-refractivity contribution in [2.45, 2.75) is 56.9 Å². The van der Waals surface area contributed by atoms with Gasteiger partial charge in [0.2, 0.25) is 5.91 Å². The van der Waals surface area contributed by atoms with E-state index in [1.54, 1.807) is 37.9 Å². The average Bonchev–Trinajstić information content (AvgIpc) is 3.29. The number of carbonyl (C=O) groups excluding carboxylic acids is 1. The van der Waals surface area contributed by atoms with Gasteiger partial charge in [0.25, 0.3) is 0 Å². The number of piperidine rings is 1. The fourth-order valence-electron chi connectivity index (χ4n) is 5.80. The first-order valence-corrected chi connectivity index (χ1v) is 13.1. The minimum atomic E-state index is -0.986. The molecule has 0 aromatic carbocycles. The molecule has 2 atom stereocenters. The molecular formula is C28H32N6O4. The van der Waals surface area contributed by atoms with Gasteiger partial charge in [0.15, 0.2) is 0 Å². The van der Waals surface area contributed by atoms with Crippen molar-refractivity contribution in [2.24, 2.45) is 5.92 Å². The number of ether oxygens (including phenoxy) is 2. The van der Waals surface area contributed by atoms with Crippen molar-refractivity contribution in [3.05, 3.63) is 42.4 Å². The Balaban J connectivity index is 1.20. The molecule has 10 heteroatoms. The standard InChI is InChI=1S/C28H32N6O4/c1-28(2,36)16-38-23-9-24(26-19(10-29)12-31-33(26)15-23)17-4-5-25(30-11-17)32-13-20-8-21(14-32)34(20)27(35)18-6-22(7-18)37-3/h4-5,9,11-12,15,18,20-22,36H,6-8,13-14,16H2,1-3H3. The Kier molecular flexibility index (Phi) is 6.00. The molecular weight excluding hydrogens is 484 g/mol. The molecule has 0 spiro atoms. The van der Waals surface area contributed by atoms with E-state index >= 15 is 0 Å². The number of aliphatic hydroxyl groups is 1. The number of nitriles is 1. The third-order valence-corrected chi connectivity index (χ3v) is 7.91. The summed E-state index contributed by atoms with van der Waals surface area (Å²) in [5.74, 6) is 1.80. The van der Waals surface area contributed by atoms with E-state index in [0.717, 1.165) is 49.3 Å². The lowest BCUT2D eigenvalue weighted by molar-refractivity contribution is -0.158. The first kappa shape index (κ1) is 24.6. The molecule has 2 unspecified atom stereocenters. The van der Waals surface area contributed by atoms with Gasteiger partial charge in [0, 0.05) is 43.4 Å². The van der Waals surface area contributed by atoms with E-state index in [2.05, 4.69) is 21.0 Å². The zero-order valence-corrected chi connectivity index (χ0v) is 21.9. The topological polar surface area (TPSA) is 116 Å². The van der Waals surface area contributed by atoms with Crippen LogP contribution in [0.4, 0.5) is 5.82 Å². The molecule has 4 fully saturated rings. The van der Waals surface area contributed by atoms with Gasteiger partial charge in [-0.3, -0.25) is 4.79 Å². The lowest BCUT2D eigenvalue weighted by atomic mass is 9.78. The van der Waals surface area contributed by atoms with Gasteiger partial charge in [-0.1, -0.05) is 0 Å². The summed E-state index contributed by atoms with van der Waals surface area (Å²) in [6.07, 6.45) is 7.99. The summed E-state index contributed by atoms with van der Waals surface area (Å²) >= 11 is 0. The smallest absolute Gasteiger partial charge is 0.226 e. The highest BCUT2D eigenvalue weighted by atomic mass is 16.5. The number of nitrogens with zero attached hydrogens (tertiary/aromatic N) is 6. The number of amides is 1. The Morgan fingerprint density at radius 2 is 1.97 bits per heavy atom. The first-order valence-electron chi connectivity index (χ1n) is 13.1. The largest absolute Gasteiger partial charge is 0.489 e. The van der Waals surface area contributed by atoms with Gasteiger partial charge in [-0.15, -0.1) is 0 Å². The molecule has 4 aliphatic rings. The number of anilines is 1. The molecule has 3 saturated heterocycles. The maximum atomic E-state index is 13.0. The van der Waals surface area contributed by atoms with E-state index in [1.165, 1.54) is 6.20 Å². The number of fused-ring (bicyclic) bond motifs is 3. The molecule has 0 radical (unpaired) electrons. The summed E-state index contributed by atoms with van der Waals surface area (Å²) in [5.41, 5.74) is 1.76. The van der Waals surface area contributed by atoms with Gasteiger partial charge in [0.05, 0.1) is 47.3 Å². The summed E-state index contributed by atoms with van der Waals surface area (Å²) in [4.78, 5) is 22.1. The molecule has 6 heterocycles. The highest BCUT2D eigenvalue weighted by Gasteiger charge is 2.50. The van der Waals surface area contributed by atoms with Crippen LogP contribution in [0.2, 0.25) is 0 Å². The zero-order valence-electron chi connectivity index (χ0n) is 21.9. The molecule has 3 aliphatic heterocycles. The molecule has 10 nitrogen and oxygen atoms in total. The number of hydrogen-bond acceptors (Lipinski definition) is 8. The van der Waals surface area contributed by atoms with Crippen LogP contribution in [0.15, 0.2) is 36.8 Å². The number of hydrogen-bond donors (Lipinski definition) is 1. The predicted octanol–water partition coefficient (Wildman–Crippen LogP) is 2.63. The van der Waals surface area contributed by atoms with Crippen molar-refractivity contribution in [3.8, 4) is 22.9 Å². The van der Waals surface area contributed by atoms with Crippen LogP contribution >= 0.6 is 0 Å². The van der Waals surface area contributed by atoms with E-state index in [0.29, 0.717) is 16.8 Å². The fraction of sp³-hybridized carbons (Fsp3) is 0.500. The Hall–Kier alpha value is -3.68. The summed E-state index contributed by atoms with van der Waals surface area (Å²) in [6, 6.07) is 8.52. The molecule has 1 aliphatic carbocycles. The van der Waals surface area contributed by atoms with Crippen molar-refractivity contribution in [2.75, 3.05) is 31.7 Å². The quantitative estimate of drug-likeness (QED) is 0.510. The molecule has 1 amide bonds. The number of piperazine rings is 1. The Labute approximate surface area is 221 Å². The van der Waals surface area contributed by atoms with Crippen molar-refractivity contribution in [1.29, 1.82) is 5.26 Å². The highest BCUT2D eigenvalue weighted by molar-refractivity contribution is 5.85. The maximum Gasteiger partial charge on any atom is 0.226 e. The van der Waals surface area contributed by atoms with Crippen LogP contribution in [-0.2, 0) is 9.53 Å². The lowest BCUT2D eigenvalue weighted by Gasteiger charge is -2.58. The lowest BCUT2D eigenvalue weighted by Crippen LogP contribution is -2.71. The van der Waals surface area contributed by atoms with E-state index in [1.807, 2.05) is 18.2 Å². The molecule has 198 valence electrons. The van der Waals surface area contributed by atoms with Gasteiger partial charge in [-0.05, 0) is 51.3 Å². The van der Waals surface area contributed by atoms with Gasteiger partial charge < -0.3 is 24.4 Å². The minimum absolute atomic E-state index is 0.107. The van der Waals surface area contributed by atoms with Crippen LogP contribution in [0.25, 0.3) is 16.6 Å². The first-order chi connectivity index (χ1) is 18.2. The van der Waals surface area contributed by atoms with Crippen LogP contribution in [0.5, 0.6) is 5.75 Å². The Morgan fingerprint density at radius 3 is 2.61 bits per heavy atom. The van der Waals surface area contributed by atoms with Crippen LogP contribution in [0.1, 0.15) is 38.7 Å². The zero-order chi connectivity index (χ0) is 26.6. The molecule has 1 N–H and O–H groups in total. The summed E-state index contributed by atoms with van der Waals surface area (Å²) in [5, 5.41) is 24.0. The van der Waals surface area contributed by atoms with E-state index in [-0.39, 0.29) is 36.6 Å². The maximum absolute atomic E-state index is 13.0. The molecule has 1 saturated carbocycles. The van der Waals surface area contributed by atoms with Crippen molar-refractivity contribution in [3.63, 3.8) is 0 Å². The number of aromatic nitrogens is 3. The Bertz CT molecular complexity index is 1390. The summed E-state index contributed by atoms with van der Waals surface area (Å²) < 4.78 is 12.8. The third-order valence-electron chi connectivity index (χ3n) is 7.91. The van der Waals surface area contributed by atoms with Gasteiger partial charge >= 0.3 is 0 Å². The van der Waals surface area contributed by atoms with Crippen molar-refractivity contribution in [1.82, 2.24) is 19.5 Å². The number of rotatable bonds is 7. The van der Waals surface area contributed by atoms with Crippen molar-refractivity contribution >= 4 is 17.2 Å². The predicted molar refractivity (Wildman–Crippen MR) is 140 cm³/mol. The fourth-order valence-corrected chi connectivity index (χ4v) is 5.80. The molecule has 7 rings (SSSR count). The van der Waals surface area contributed by atoms with Gasteiger partial charge in [-0.2, -0.15) is 10.4 Å². The van der Waals surface area contributed by atoms with Crippen LogP contribution in [-0.4, -0.2) is 81.1 Å². The summed E-state index contributed by atoms with van der Waals surface area (Å²) in [7, 11) is 1.71. The molecule has 2 bridgehead atoms. The average molecular weight is 517 g/mol. The van der Waals surface area contributed by atoms with Gasteiger partial charge in [-0.25, -0.2) is 9.50 Å². The second kappa shape index (κ2) is 9.26. The number of methoxy groups -OCH3 is 1. The number of pyridine rings is 2. The molecule has 3 aromatic rings. The van der Waals surface area contributed by atoms with Crippen LogP contribution in [0, 0.1) is 17.2 Å². The van der Waals surface area contributed by atoms with E-state index in [9.17, 15) is 15.2 Å².